The van der Waals surface area contributed by atoms with Crippen LogP contribution in [-0.4, -0.2) is 9.97 Å². The van der Waals surface area contributed by atoms with Crippen molar-refractivity contribution < 1.29 is 0 Å². The molecule has 1 N–H and O–H groups in total. The monoisotopic (exact) mass is 236 g/mol. The van der Waals surface area contributed by atoms with Crippen LogP contribution in [0.1, 0.15) is 22.5 Å². The number of hydrogen-bond acceptors (Lipinski definition) is 1. The maximum Gasteiger partial charge on any atom is 0.0925 e. The fourth-order valence-corrected chi connectivity index (χ4v) is 2.41. The maximum absolute atomic E-state index is 4.38. The molecule has 0 unspecified atom stereocenters. The molecular weight excluding hydrogens is 220 g/mol. The van der Waals surface area contributed by atoms with Gasteiger partial charge in [-0.1, -0.05) is 36.4 Å². The van der Waals surface area contributed by atoms with Gasteiger partial charge in [-0.15, -0.1) is 0 Å². The minimum Gasteiger partial charge on any atom is -0.348 e. The van der Waals surface area contributed by atoms with Crippen LogP contribution in [0.4, 0.5) is 0 Å². The lowest BCUT2D eigenvalue weighted by molar-refractivity contribution is 1.07. The second-order valence-electron chi connectivity index (χ2n) is 4.72. The van der Waals surface area contributed by atoms with Crippen LogP contribution in [0, 0.1) is 13.8 Å². The van der Waals surface area contributed by atoms with Gasteiger partial charge >= 0.3 is 0 Å². The van der Waals surface area contributed by atoms with E-state index < -0.39 is 0 Å². The van der Waals surface area contributed by atoms with Crippen LogP contribution in [0.5, 0.6) is 0 Å². The van der Waals surface area contributed by atoms with E-state index in [-0.39, 0.29) is 0 Å². The van der Waals surface area contributed by atoms with Crippen LogP contribution in [-0.2, 0) is 6.42 Å². The molecule has 1 aromatic heterocycles. The van der Waals surface area contributed by atoms with Gasteiger partial charge in [0.1, 0.15) is 0 Å². The number of rotatable bonds is 2. The number of H-pyrrole nitrogens is 1. The zero-order valence-electron chi connectivity index (χ0n) is 10.7. The first kappa shape index (κ1) is 11.0. The van der Waals surface area contributed by atoms with Crippen LogP contribution in [0.25, 0.3) is 10.8 Å². The molecule has 0 saturated carbocycles. The number of fused-ring (bicyclic) bond motifs is 1. The second-order valence-corrected chi connectivity index (χ2v) is 4.72. The van der Waals surface area contributed by atoms with E-state index in [2.05, 4.69) is 60.2 Å². The molecule has 1 heterocycles. The van der Waals surface area contributed by atoms with Crippen LogP contribution in [0.3, 0.4) is 0 Å². The maximum atomic E-state index is 4.38. The summed E-state index contributed by atoms with van der Waals surface area (Å²) in [5.74, 6) is 0. The molecule has 2 heteroatoms. The summed E-state index contributed by atoms with van der Waals surface area (Å²) < 4.78 is 0. The Hall–Kier alpha value is -2.09. The Morgan fingerprint density at radius 1 is 1.06 bits per heavy atom. The van der Waals surface area contributed by atoms with Gasteiger partial charge in [0.15, 0.2) is 0 Å². The van der Waals surface area contributed by atoms with E-state index in [0.717, 1.165) is 17.8 Å². The molecule has 0 radical (unpaired) electrons. The first-order valence-corrected chi connectivity index (χ1v) is 6.22. The molecule has 2 aromatic carbocycles. The minimum absolute atomic E-state index is 0.895. The number of nitrogens with zero attached hydrogens (tertiary/aromatic N) is 1. The Balaban J connectivity index is 2.08. The Morgan fingerprint density at radius 3 is 2.67 bits per heavy atom. The highest BCUT2D eigenvalue weighted by Gasteiger charge is 2.07. The highest BCUT2D eigenvalue weighted by Crippen LogP contribution is 2.23. The van der Waals surface area contributed by atoms with Crippen molar-refractivity contribution in [3.05, 3.63) is 65.2 Å². The van der Waals surface area contributed by atoms with Gasteiger partial charge in [-0.05, 0) is 35.7 Å². The second kappa shape index (κ2) is 4.30. The molecule has 0 atom stereocenters. The van der Waals surface area contributed by atoms with Crippen molar-refractivity contribution >= 4 is 10.8 Å². The number of aryl methyl sites for hydroxylation is 2. The summed E-state index contributed by atoms with van der Waals surface area (Å²) in [6, 6.07) is 12.9. The van der Waals surface area contributed by atoms with E-state index in [4.69, 9.17) is 0 Å². The molecule has 3 aromatic rings. The van der Waals surface area contributed by atoms with Crippen LogP contribution in [0.15, 0.2) is 42.7 Å². The predicted molar refractivity (Wildman–Crippen MR) is 74.8 cm³/mol. The zero-order valence-corrected chi connectivity index (χ0v) is 10.7. The molecule has 0 fully saturated rings. The molecule has 0 amide bonds. The molecule has 0 saturated heterocycles. The van der Waals surface area contributed by atoms with Gasteiger partial charge in [0.2, 0.25) is 0 Å². The van der Waals surface area contributed by atoms with Gasteiger partial charge < -0.3 is 4.98 Å². The standard InChI is InChI=1S/C16H16N2/c1-11-14(9-16-12(2)17-10-18-16)8-7-13-5-3-4-6-15(11)13/h3-8,10H,9H2,1-2H3,(H,17,18). The summed E-state index contributed by atoms with van der Waals surface area (Å²) in [4.78, 5) is 7.51. The molecule has 0 bridgehead atoms. The van der Waals surface area contributed by atoms with Gasteiger partial charge in [-0.25, -0.2) is 4.98 Å². The van der Waals surface area contributed by atoms with E-state index in [1.807, 2.05) is 0 Å². The van der Waals surface area contributed by atoms with Crippen molar-refractivity contribution in [3.8, 4) is 0 Å². The predicted octanol–water partition coefficient (Wildman–Crippen LogP) is 3.77. The first-order chi connectivity index (χ1) is 8.75. The molecule has 18 heavy (non-hydrogen) atoms. The van der Waals surface area contributed by atoms with Crippen molar-refractivity contribution in [3.63, 3.8) is 0 Å². The Bertz CT molecular complexity index is 695. The smallest absolute Gasteiger partial charge is 0.0925 e. The summed E-state index contributed by atoms with van der Waals surface area (Å²) in [6.45, 7) is 4.26. The van der Waals surface area contributed by atoms with Crippen molar-refractivity contribution in [1.82, 2.24) is 9.97 Å². The summed E-state index contributed by atoms with van der Waals surface area (Å²) in [5.41, 5.74) is 5.00. The molecule has 90 valence electrons. The molecule has 0 spiro atoms. The van der Waals surface area contributed by atoms with Gasteiger partial charge in [-0.2, -0.15) is 0 Å². The highest BCUT2D eigenvalue weighted by atomic mass is 14.9. The molecular formula is C16H16N2. The molecule has 0 aliphatic carbocycles. The number of imidazole rings is 1. The summed E-state index contributed by atoms with van der Waals surface area (Å²) in [6.07, 6.45) is 2.66. The van der Waals surface area contributed by atoms with Gasteiger partial charge in [0.05, 0.1) is 12.0 Å². The normalized spacial score (nSPS) is 11.0. The van der Waals surface area contributed by atoms with E-state index in [1.165, 1.54) is 21.9 Å². The molecule has 3 rings (SSSR count). The SMILES string of the molecule is Cc1[nH]cnc1Cc1ccc2ccccc2c1C. The summed E-state index contributed by atoms with van der Waals surface area (Å²) in [5, 5.41) is 2.64. The fourth-order valence-electron chi connectivity index (χ4n) is 2.41. The third-order valence-corrected chi connectivity index (χ3v) is 3.60. The highest BCUT2D eigenvalue weighted by molar-refractivity contribution is 5.86. The third-order valence-electron chi connectivity index (χ3n) is 3.60. The van der Waals surface area contributed by atoms with E-state index >= 15 is 0 Å². The Morgan fingerprint density at radius 2 is 1.89 bits per heavy atom. The third kappa shape index (κ3) is 1.80. The van der Waals surface area contributed by atoms with Gasteiger partial charge in [-0.3, -0.25) is 0 Å². The van der Waals surface area contributed by atoms with Crippen molar-refractivity contribution in [2.24, 2.45) is 0 Å². The molecule has 2 nitrogen and oxygen atoms in total. The lowest BCUT2D eigenvalue weighted by Gasteiger charge is -2.08. The zero-order chi connectivity index (χ0) is 12.5. The lowest BCUT2D eigenvalue weighted by atomic mass is 9.97. The topological polar surface area (TPSA) is 28.7 Å². The molecule has 0 aliphatic heterocycles. The van der Waals surface area contributed by atoms with Crippen LogP contribution in [0.2, 0.25) is 0 Å². The van der Waals surface area contributed by atoms with E-state index in [9.17, 15) is 0 Å². The quantitative estimate of drug-likeness (QED) is 0.721. The van der Waals surface area contributed by atoms with E-state index in [1.54, 1.807) is 6.33 Å². The van der Waals surface area contributed by atoms with Crippen molar-refractivity contribution in [2.45, 2.75) is 20.3 Å². The largest absolute Gasteiger partial charge is 0.348 e. The van der Waals surface area contributed by atoms with Crippen molar-refractivity contribution in [2.75, 3.05) is 0 Å². The van der Waals surface area contributed by atoms with Crippen LogP contribution >= 0.6 is 0 Å². The number of aromatic nitrogens is 2. The van der Waals surface area contributed by atoms with Crippen LogP contribution < -0.4 is 0 Å². The number of aromatic amines is 1. The Kier molecular flexibility index (Phi) is 2.63. The number of nitrogens with one attached hydrogen (secondary N) is 1. The lowest BCUT2D eigenvalue weighted by Crippen LogP contribution is -1.95. The summed E-state index contributed by atoms with van der Waals surface area (Å²) >= 11 is 0. The first-order valence-electron chi connectivity index (χ1n) is 6.22. The van der Waals surface area contributed by atoms with Crippen molar-refractivity contribution in [1.29, 1.82) is 0 Å². The van der Waals surface area contributed by atoms with E-state index in [0.29, 0.717) is 0 Å². The van der Waals surface area contributed by atoms with Gasteiger partial charge in [0.25, 0.3) is 0 Å². The number of hydrogen-bond donors (Lipinski definition) is 1. The average molecular weight is 236 g/mol. The Labute approximate surface area is 107 Å². The minimum atomic E-state index is 0.895. The summed E-state index contributed by atoms with van der Waals surface area (Å²) in [7, 11) is 0. The van der Waals surface area contributed by atoms with Gasteiger partial charge in [0, 0.05) is 12.1 Å². The molecule has 0 aliphatic rings. The fraction of sp³-hybridized carbons (Fsp3) is 0.188. The number of benzene rings is 2. The average Bonchev–Trinajstić information content (AvgIpc) is 2.79.